The van der Waals surface area contributed by atoms with E-state index in [1.54, 1.807) is 0 Å². The number of nitrogens with zero attached hydrogens (tertiary/aromatic N) is 1. The van der Waals surface area contributed by atoms with Gasteiger partial charge in [0, 0.05) is 30.1 Å². The summed E-state index contributed by atoms with van der Waals surface area (Å²) in [7, 11) is 0. The first-order valence-electron chi connectivity index (χ1n) is 8.96. The molecule has 1 heterocycles. The molecule has 1 fully saturated rings. The van der Waals surface area contributed by atoms with E-state index < -0.39 is 5.60 Å². The Morgan fingerprint density at radius 3 is 2.50 bits per heavy atom. The first-order chi connectivity index (χ1) is 12.5. The minimum Gasteiger partial charge on any atom is -0.385 e. The van der Waals surface area contributed by atoms with Crippen molar-refractivity contribution < 1.29 is 14.3 Å². The minimum absolute atomic E-state index is 0.0393. The van der Waals surface area contributed by atoms with Crippen LogP contribution in [0.1, 0.15) is 41.6 Å². The van der Waals surface area contributed by atoms with Crippen LogP contribution in [-0.4, -0.2) is 35.4 Å². The fourth-order valence-corrected chi connectivity index (χ4v) is 3.65. The average molecular weight is 376 g/mol. The number of ketones is 1. The molecule has 1 N–H and O–H groups in total. The lowest BCUT2D eigenvalue weighted by atomic mass is 9.84. The summed E-state index contributed by atoms with van der Waals surface area (Å²) in [6.07, 6.45) is 2.50. The van der Waals surface area contributed by atoms with Crippen LogP contribution in [0.2, 0.25) is 5.02 Å². The molecule has 1 aliphatic rings. The van der Waals surface area contributed by atoms with E-state index in [0.717, 1.165) is 31.6 Å². The molecule has 0 bridgehead atoms. The zero-order valence-corrected chi connectivity index (χ0v) is 15.4. The maximum Gasteiger partial charge on any atom is 0.162 e. The highest BCUT2D eigenvalue weighted by atomic mass is 35.5. The van der Waals surface area contributed by atoms with Crippen LogP contribution in [0, 0.1) is 5.82 Å². The second-order valence-corrected chi connectivity index (χ2v) is 7.35. The van der Waals surface area contributed by atoms with Crippen LogP contribution < -0.4 is 0 Å². The molecule has 2 aromatic carbocycles. The third-order valence-corrected chi connectivity index (χ3v) is 5.32. The maximum atomic E-state index is 12.9. The van der Waals surface area contributed by atoms with Gasteiger partial charge in [-0.25, -0.2) is 4.39 Å². The molecule has 1 saturated heterocycles. The Labute approximate surface area is 158 Å². The topological polar surface area (TPSA) is 40.5 Å². The summed E-state index contributed by atoms with van der Waals surface area (Å²) in [4.78, 5) is 14.4. The SMILES string of the molecule is O=C(CCCN1CCC(O)(c2cccc(Cl)c2)CC1)c1ccc(F)cc1. The zero-order valence-electron chi connectivity index (χ0n) is 14.6. The number of rotatable bonds is 6. The molecule has 0 aromatic heterocycles. The van der Waals surface area contributed by atoms with Gasteiger partial charge in [0.1, 0.15) is 5.82 Å². The number of piperidine rings is 1. The van der Waals surface area contributed by atoms with Gasteiger partial charge in [-0.15, -0.1) is 0 Å². The smallest absolute Gasteiger partial charge is 0.162 e. The van der Waals surface area contributed by atoms with Gasteiger partial charge in [0.2, 0.25) is 0 Å². The lowest BCUT2D eigenvalue weighted by Crippen LogP contribution is -2.42. The summed E-state index contributed by atoms with van der Waals surface area (Å²) in [6.45, 7) is 2.39. The molecule has 138 valence electrons. The highest BCUT2D eigenvalue weighted by Gasteiger charge is 2.33. The summed E-state index contributed by atoms with van der Waals surface area (Å²) in [5, 5.41) is 11.5. The van der Waals surface area contributed by atoms with E-state index in [-0.39, 0.29) is 11.6 Å². The Morgan fingerprint density at radius 2 is 1.85 bits per heavy atom. The Hall–Kier alpha value is -1.75. The number of aliphatic hydroxyl groups is 1. The molecular formula is C21H23ClFNO2. The summed E-state index contributed by atoms with van der Waals surface area (Å²) >= 11 is 6.04. The molecule has 0 radical (unpaired) electrons. The minimum atomic E-state index is -0.828. The van der Waals surface area contributed by atoms with Gasteiger partial charge in [0.15, 0.2) is 5.78 Å². The highest BCUT2D eigenvalue weighted by molar-refractivity contribution is 6.30. The van der Waals surface area contributed by atoms with Gasteiger partial charge in [-0.2, -0.15) is 0 Å². The van der Waals surface area contributed by atoms with Crippen LogP contribution in [-0.2, 0) is 5.60 Å². The number of halogens is 2. The number of Topliss-reactive ketones (excluding diaryl/α,β-unsaturated/α-hetero) is 1. The van der Waals surface area contributed by atoms with E-state index in [4.69, 9.17) is 11.6 Å². The third kappa shape index (κ3) is 4.70. The van der Waals surface area contributed by atoms with Crippen molar-refractivity contribution in [3.63, 3.8) is 0 Å². The Bertz CT molecular complexity index is 755. The summed E-state index contributed by atoms with van der Waals surface area (Å²) in [5.74, 6) is -0.292. The van der Waals surface area contributed by atoms with Crippen molar-refractivity contribution in [2.45, 2.75) is 31.3 Å². The molecule has 0 atom stereocenters. The van der Waals surface area contributed by atoms with Gasteiger partial charge in [0.25, 0.3) is 0 Å². The number of carbonyl (C=O) groups is 1. The molecule has 5 heteroatoms. The van der Waals surface area contributed by atoms with E-state index in [9.17, 15) is 14.3 Å². The van der Waals surface area contributed by atoms with Crippen LogP contribution >= 0.6 is 11.6 Å². The number of hydrogen-bond donors (Lipinski definition) is 1. The largest absolute Gasteiger partial charge is 0.385 e. The summed E-state index contributed by atoms with van der Waals surface area (Å²) < 4.78 is 12.9. The van der Waals surface area contributed by atoms with Crippen molar-refractivity contribution in [2.24, 2.45) is 0 Å². The molecule has 3 rings (SSSR count). The van der Waals surface area contributed by atoms with E-state index in [1.807, 2.05) is 24.3 Å². The molecule has 0 unspecified atom stereocenters. The maximum absolute atomic E-state index is 12.9. The molecule has 0 spiro atoms. The predicted octanol–water partition coefficient (Wildman–Crippen LogP) is 4.43. The fourth-order valence-electron chi connectivity index (χ4n) is 3.46. The van der Waals surface area contributed by atoms with Crippen LogP contribution in [0.5, 0.6) is 0 Å². The van der Waals surface area contributed by atoms with E-state index in [1.165, 1.54) is 24.3 Å². The predicted molar refractivity (Wildman–Crippen MR) is 101 cm³/mol. The molecule has 1 aliphatic heterocycles. The van der Waals surface area contributed by atoms with E-state index in [0.29, 0.717) is 29.8 Å². The second-order valence-electron chi connectivity index (χ2n) is 6.92. The Balaban J connectivity index is 1.45. The van der Waals surface area contributed by atoms with Crippen LogP contribution in [0.4, 0.5) is 4.39 Å². The van der Waals surface area contributed by atoms with Gasteiger partial charge in [-0.05, 0) is 67.8 Å². The monoisotopic (exact) mass is 375 g/mol. The normalized spacial score (nSPS) is 17.2. The Kier molecular flexibility index (Phi) is 6.07. The molecule has 0 saturated carbocycles. The van der Waals surface area contributed by atoms with Crippen LogP contribution in [0.15, 0.2) is 48.5 Å². The van der Waals surface area contributed by atoms with Gasteiger partial charge in [-0.3, -0.25) is 4.79 Å². The molecule has 3 nitrogen and oxygen atoms in total. The average Bonchev–Trinajstić information content (AvgIpc) is 2.64. The first kappa shape index (κ1) is 19.0. The lowest BCUT2D eigenvalue weighted by molar-refractivity contribution is -0.0260. The summed E-state index contributed by atoms with van der Waals surface area (Å²) in [6, 6.07) is 13.1. The van der Waals surface area contributed by atoms with Gasteiger partial charge < -0.3 is 10.0 Å². The zero-order chi connectivity index (χ0) is 18.6. The number of carbonyl (C=O) groups excluding carboxylic acids is 1. The van der Waals surface area contributed by atoms with E-state index in [2.05, 4.69) is 4.90 Å². The van der Waals surface area contributed by atoms with Crippen LogP contribution in [0.25, 0.3) is 0 Å². The molecule has 2 aromatic rings. The number of likely N-dealkylation sites (tertiary alicyclic amines) is 1. The number of benzene rings is 2. The number of hydrogen-bond acceptors (Lipinski definition) is 3. The van der Waals surface area contributed by atoms with Gasteiger partial charge in [0.05, 0.1) is 5.60 Å². The standard InChI is InChI=1S/C21H23ClFNO2/c22-18-4-1-3-17(15-18)21(26)10-13-24(14-11-21)12-2-5-20(25)16-6-8-19(23)9-7-16/h1,3-4,6-9,15,26H,2,5,10-14H2. The molecule has 0 amide bonds. The molecule has 26 heavy (non-hydrogen) atoms. The summed E-state index contributed by atoms with van der Waals surface area (Å²) in [5.41, 5.74) is 0.599. The van der Waals surface area contributed by atoms with Gasteiger partial charge >= 0.3 is 0 Å². The van der Waals surface area contributed by atoms with Gasteiger partial charge in [-0.1, -0.05) is 23.7 Å². The lowest BCUT2D eigenvalue weighted by Gasteiger charge is -2.38. The van der Waals surface area contributed by atoms with E-state index >= 15 is 0 Å². The van der Waals surface area contributed by atoms with Crippen molar-refractivity contribution in [1.82, 2.24) is 4.90 Å². The first-order valence-corrected chi connectivity index (χ1v) is 9.34. The third-order valence-electron chi connectivity index (χ3n) is 5.09. The molecule has 0 aliphatic carbocycles. The van der Waals surface area contributed by atoms with Crippen molar-refractivity contribution >= 4 is 17.4 Å². The second kappa shape index (κ2) is 8.30. The highest BCUT2D eigenvalue weighted by Crippen LogP contribution is 2.33. The van der Waals surface area contributed by atoms with Crippen molar-refractivity contribution in [3.05, 3.63) is 70.5 Å². The van der Waals surface area contributed by atoms with Crippen LogP contribution in [0.3, 0.4) is 0 Å². The van der Waals surface area contributed by atoms with Crippen molar-refractivity contribution in [1.29, 1.82) is 0 Å². The van der Waals surface area contributed by atoms with Crippen molar-refractivity contribution in [3.8, 4) is 0 Å². The quantitative estimate of drug-likeness (QED) is 0.759. The fraction of sp³-hybridized carbons (Fsp3) is 0.381. The molecular weight excluding hydrogens is 353 g/mol. The Morgan fingerprint density at radius 1 is 1.15 bits per heavy atom. The van der Waals surface area contributed by atoms with Crippen molar-refractivity contribution in [2.75, 3.05) is 19.6 Å².